The minimum atomic E-state index is -0.184. The van der Waals surface area contributed by atoms with E-state index in [1.807, 2.05) is 22.6 Å². The van der Waals surface area contributed by atoms with Crippen LogP contribution in [0.2, 0.25) is 0 Å². The Morgan fingerprint density at radius 2 is 1.17 bits per heavy atom. The largest absolute Gasteiger partial charge is 0.309 e. The highest BCUT2D eigenvalue weighted by Gasteiger charge is 2.16. The van der Waals surface area contributed by atoms with E-state index in [2.05, 4.69) is 101 Å². The van der Waals surface area contributed by atoms with Crippen LogP contribution in [0.3, 0.4) is 0 Å². The molecule has 0 aliphatic carbocycles. The lowest BCUT2D eigenvalue weighted by Gasteiger charge is -2.08. The highest BCUT2D eigenvalue weighted by atomic mass is 16.1. The standard InChI is InChI=1S/C32H19N3O/c36-32-25-11-6-10-24-27-18-20(13-15-28(27)34(19-33-32)31(24)25)21-14-16-30-26(17-21)23-9-4-5-12-29(23)35(30)22-7-2-1-3-8-22/h1-19H. The van der Waals surface area contributed by atoms with Crippen molar-refractivity contribution in [1.29, 1.82) is 0 Å². The molecule has 0 saturated heterocycles. The van der Waals surface area contributed by atoms with Crippen LogP contribution in [0.25, 0.3) is 65.8 Å². The van der Waals surface area contributed by atoms with Gasteiger partial charge in [0.1, 0.15) is 6.33 Å². The van der Waals surface area contributed by atoms with Crippen LogP contribution >= 0.6 is 0 Å². The second kappa shape index (κ2) is 7.03. The fourth-order valence-corrected chi connectivity index (χ4v) is 5.76. The summed E-state index contributed by atoms with van der Waals surface area (Å²) in [6, 6.07) is 38.2. The predicted octanol–water partition coefficient (Wildman–Crippen LogP) is 7.20. The predicted molar refractivity (Wildman–Crippen MR) is 147 cm³/mol. The monoisotopic (exact) mass is 461 g/mol. The molecule has 0 atom stereocenters. The quantitative estimate of drug-likeness (QED) is 0.273. The molecule has 0 aliphatic rings. The van der Waals surface area contributed by atoms with Crippen LogP contribution in [0.15, 0.2) is 120 Å². The minimum Gasteiger partial charge on any atom is -0.309 e. The van der Waals surface area contributed by atoms with E-state index in [0.29, 0.717) is 5.39 Å². The molecule has 8 aromatic rings. The number of hydrogen-bond acceptors (Lipinski definition) is 2. The number of rotatable bonds is 2. The van der Waals surface area contributed by atoms with Crippen molar-refractivity contribution in [2.75, 3.05) is 0 Å². The van der Waals surface area contributed by atoms with Gasteiger partial charge in [0.2, 0.25) is 0 Å². The lowest BCUT2D eigenvalue weighted by atomic mass is 10.0. The fraction of sp³-hybridized carbons (Fsp3) is 0. The van der Waals surface area contributed by atoms with Gasteiger partial charge in [-0.15, -0.1) is 0 Å². The summed E-state index contributed by atoms with van der Waals surface area (Å²) in [6.07, 6.45) is 1.64. The van der Waals surface area contributed by atoms with Crippen molar-refractivity contribution in [2.45, 2.75) is 0 Å². The lowest BCUT2D eigenvalue weighted by Crippen LogP contribution is -2.07. The second-order valence-corrected chi connectivity index (χ2v) is 9.27. The van der Waals surface area contributed by atoms with Crippen molar-refractivity contribution < 1.29 is 0 Å². The Hall–Kier alpha value is -4.96. The summed E-state index contributed by atoms with van der Waals surface area (Å²) in [6.45, 7) is 0. The summed E-state index contributed by atoms with van der Waals surface area (Å²) in [4.78, 5) is 16.4. The van der Waals surface area contributed by atoms with E-state index < -0.39 is 0 Å². The van der Waals surface area contributed by atoms with Crippen LogP contribution < -0.4 is 5.56 Å². The summed E-state index contributed by atoms with van der Waals surface area (Å²) >= 11 is 0. The van der Waals surface area contributed by atoms with Gasteiger partial charge in [-0.3, -0.25) is 9.20 Å². The average Bonchev–Trinajstić information content (AvgIpc) is 3.44. The van der Waals surface area contributed by atoms with Crippen LogP contribution in [0, 0.1) is 0 Å². The SMILES string of the molecule is O=c1ncn2c3ccc(-c4ccc5c(c4)c4ccccc4n5-c4ccccc4)cc3c3cccc1c32. The van der Waals surface area contributed by atoms with Crippen molar-refractivity contribution >= 4 is 49.0 Å². The van der Waals surface area contributed by atoms with Gasteiger partial charge >= 0.3 is 0 Å². The van der Waals surface area contributed by atoms with Gasteiger partial charge in [-0.25, -0.2) is 0 Å². The Morgan fingerprint density at radius 1 is 0.528 bits per heavy atom. The van der Waals surface area contributed by atoms with E-state index in [9.17, 15) is 4.79 Å². The van der Waals surface area contributed by atoms with Crippen molar-refractivity contribution in [2.24, 2.45) is 0 Å². The Morgan fingerprint density at radius 3 is 2.00 bits per heavy atom. The van der Waals surface area contributed by atoms with Crippen molar-refractivity contribution in [3.63, 3.8) is 0 Å². The van der Waals surface area contributed by atoms with Gasteiger partial charge in [-0.05, 0) is 59.7 Å². The number of para-hydroxylation sites is 3. The van der Waals surface area contributed by atoms with Gasteiger partial charge in [-0.2, -0.15) is 4.98 Å². The van der Waals surface area contributed by atoms with Gasteiger partial charge in [0.25, 0.3) is 5.56 Å². The Balaban J connectivity index is 1.40. The first-order chi connectivity index (χ1) is 17.8. The molecule has 5 aromatic carbocycles. The van der Waals surface area contributed by atoms with Gasteiger partial charge < -0.3 is 4.57 Å². The maximum atomic E-state index is 12.4. The third-order valence-electron chi connectivity index (χ3n) is 7.36. The molecule has 0 bridgehead atoms. The first kappa shape index (κ1) is 19.4. The minimum absolute atomic E-state index is 0.184. The number of benzene rings is 5. The summed E-state index contributed by atoms with van der Waals surface area (Å²) in [5, 5.41) is 5.32. The van der Waals surface area contributed by atoms with Crippen LogP contribution in [-0.4, -0.2) is 14.0 Å². The average molecular weight is 462 g/mol. The van der Waals surface area contributed by atoms with Gasteiger partial charge in [-0.1, -0.05) is 60.7 Å². The topological polar surface area (TPSA) is 39.3 Å². The van der Waals surface area contributed by atoms with E-state index in [4.69, 9.17) is 0 Å². The Bertz CT molecular complexity index is 2170. The van der Waals surface area contributed by atoms with Gasteiger partial charge in [0.15, 0.2) is 0 Å². The smallest absolute Gasteiger partial charge is 0.280 e. The molecule has 3 heterocycles. The van der Waals surface area contributed by atoms with Crippen LogP contribution in [0.1, 0.15) is 0 Å². The Labute approximate surface area is 205 Å². The molecule has 3 aromatic heterocycles. The summed E-state index contributed by atoms with van der Waals surface area (Å²) in [5.74, 6) is 0. The van der Waals surface area contributed by atoms with Gasteiger partial charge in [0.05, 0.1) is 27.5 Å². The molecule has 0 radical (unpaired) electrons. The zero-order valence-corrected chi connectivity index (χ0v) is 19.2. The molecule has 0 fully saturated rings. The number of hydrogen-bond donors (Lipinski definition) is 0. The zero-order chi connectivity index (χ0) is 23.8. The highest BCUT2D eigenvalue weighted by Crippen LogP contribution is 2.37. The zero-order valence-electron chi connectivity index (χ0n) is 19.2. The molecule has 8 rings (SSSR count). The van der Waals surface area contributed by atoms with Crippen molar-refractivity contribution in [3.8, 4) is 16.8 Å². The lowest BCUT2D eigenvalue weighted by molar-refractivity contribution is 1.11. The van der Waals surface area contributed by atoms with Crippen LogP contribution in [-0.2, 0) is 0 Å². The second-order valence-electron chi connectivity index (χ2n) is 9.27. The van der Waals surface area contributed by atoms with E-state index in [1.165, 1.54) is 21.8 Å². The van der Waals surface area contributed by atoms with E-state index in [-0.39, 0.29) is 5.56 Å². The molecule has 0 spiro atoms. The molecule has 36 heavy (non-hydrogen) atoms. The third-order valence-corrected chi connectivity index (χ3v) is 7.36. The van der Waals surface area contributed by atoms with E-state index >= 15 is 0 Å². The fourth-order valence-electron chi connectivity index (χ4n) is 5.76. The first-order valence-electron chi connectivity index (χ1n) is 12.0. The molecule has 0 aliphatic heterocycles. The van der Waals surface area contributed by atoms with E-state index in [1.54, 1.807) is 6.33 Å². The molecular formula is C32H19N3O. The third kappa shape index (κ3) is 2.53. The van der Waals surface area contributed by atoms with Crippen LogP contribution in [0.4, 0.5) is 0 Å². The van der Waals surface area contributed by atoms with Gasteiger partial charge in [0, 0.05) is 27.2 Å². The molecule has 0 N–H and O–H groups in total. The van der Waals surface area contributed by atoms with Crippen molar-refractivity contribution in [3.05, 3.63) is 126 Å². The summed E-state index contributed by atoms with van der Waals surface area (Å²) < 4.78 is 4.36. The summed E-state index contributed by atoms with van der Waals surface area (Å²) in [7, 11) is 0. The number of nitrogens with zero attached hydrogens (tertiary/aromatic N) is 3. The number of aromatic nitrogens is 3. The maximum absolute atomic E-state index is 12.4. The normalized spacial score (nSPS) is 12.0. The Kier molecular flexibility index (Phi) is 3.78. The molecule has 168 valence electrons. The molecular weight excluding hydrogens is 442 g/mol. The van der Waals surface area contributed by atoms with Crippen LogP contribution in [0.5, 0.6) is 0 Å². The molecule has 4 heteroatoms. The van der Waals surface area contributed by atoms with E-state index in [0.717, 1.165) is 38.6 Å². The molecule has 0 amide bonds. The highest BCUT2D eigenvalue weighted by molar-refractivity contribution is 6.15. The molecule has 0 saturated carbocycles. The molecule has 4 nitrogen and oxygen atoms in total. The molecule has 0 unspecified atom stereocenters. The number of fused-ring (bicyclic) bond motifs is 6. The van der Waals surface area contributed by atoms with Crippen molar-refractivity contribution in [1.82, 2.24) is 14.0 Å². The summed E-state index contributed by atoms with van der Waals surface area (Å²) in [5.41, 5.74) is 7.66. The first-order valence-corrected chi connectivity index (χ1v) is 12.0. The maximum Gasteiger partial charge on any atom is 0.280 e.